The number of sulfonamides is 1. The molecule has 2 aromatic heterocycles. The van der Waals surface area contributed by atoms with Crippen molar-refractivity contribution in [3.63, 3.8) is 0 Å². The minimum absolute atomic E-state index is 0.445. The molecule has 1 aliphatic heterocycles. The summed E-state index contributed by atoms with van der Waals surface area (Å²) in [6, 6.07) is 2.00. The molecule has 6 nitrogen and oxygen atoms in total. The molecule has 8 heteroatoms. The lowest BCUT2D eigenvalue weighted by Gasteiger charge is -2.30. The summed E-state index contributed by atoms with van der Waals surface area (Å²) in [5.74, 6) is 0.445. The van der Waals surface area contributed by atoms with Crippen LogP contribution in [-0.2, 0) is 16.6 Å². The van der Waals surface area contributed by atoms with Crippen LogP contribution in [0.1, 0.15) is 18.5 Å². The number of hydrogen-bond acceptors (Lipinski definition) is 4. The highest BCUT2D eigenvalue weighted by Crippen LogP contribution is 2.27. The fourth-order valence-electron chi connectivity index (χ4n) is 3.07. The zero-order chi connectivity index (χ0) is 15.9. The van der Waals surface area contributed by atoms with E-state index in [0.29, 0.717) is 24.2 Å². The topological polar surface area (TPSA) is 68.1 Å². The van der Waals surface area contributed by atoms with E-state index in [2.05, 4.69) is 14.5 Å². The Hall–Kier alpha value is -1.18. The summed E-state index contributed by atoms with van der Waals surface area (Å²) in [4.78, 5) is 8.36. The van der Waals surface area contributed by atoms with Gasteiger partial charge < -0.3 is 4.57 Å². The molecule has 22 heavy (non-hydrogen) atoms. The average Bonchev–Trinajstić information content (AvgIpc) is 2.77. The van der Waals surface area contributed by atoms with Crippen LogP contribution in [0.4, 0.5) is 0 Å². The Bertz CT molecular complexity index is 795. The fourth-order valence-corrected chi connectivity index (χ4v) is 4.13. The van der Waals surface area contributed by atoms with Crippen LogP contribution in [0.3, 0.4) is 0 Å². The lowest BCUT2D eigenvalue weighted by Crippen LogP contribution is -2.38. The van der Waals surface area contributed by atoms with Crippen molar-refractivity contribution in [2.75, 3.05) is 19.3 Å². The SMILES string of the molecule is Cc1cc2c(Cl)ncnc2n1CC1CCN(S(C)(=O)=O)CC1. The van der Waals surface area contributed by atoms with E-state index < -0.39 is 10.0 Å². The number of nitrogens with zero attached hydrogens (tertiary/aromatic N) is 4. The molecule has 0 atom stereocenters. The number of rotatable bonds is 3. The highest BCUT2D eigenvalue weighted by atomic mass is 35.5. The van der Waals surface area contributed by atoms with Crippen molar-refractivity contribution in [2.24, 2.45) is 5.92 Å². The predicted octanol–water partition coefficient (Wildman–Crippen LogP) is 2.06. The van der Waals surface area contributed by atoms with E-state index in [1.165, 1.54) is 12.6 Å². The smallest absolute Gasteiger partial charge is 0.211 e. The second-order valence-electron chi connectivity index (χ2n) is 5.90. The van der Waals surface area contributed by atoms with Crippen LogP contribution in [0.5, 0.6) is 0 Å². The van der Waals surface area contributed by atoms with E-state index in [1.807, 2.05) is 13.0 Å². The number of hydrogen-bond donors (Lipinski definition) is 0. The summed E-state index contributed by atoms with van der Waals surface area (Å²) in [5, 5.41) is 1.34. The molecule has 120 valence electrons. The van der Waals surface area contributed by atoms with Crippen LogP contribution in [0.25, 0.3) is 11.0 Å². The highest BCUT2D eigenvalue weighted by molar-refractivity contribution is 7.88. The first-order chi connectivity index (χ1) is 10.4. The zero-order valence-electron chi connectivity index (χ0n) is 12.7. The van der Waals surface area contributed by atoms with Crippen molar-refractivity contribution < 1.29 is 8.42 Å². The van der Waals surface area contributed by atoms with Crippen LogP contribution >= 0.6 is 11.6 Å². The molecular weight excluding hydrogens is 324 g/mol. The van der Waals surface area contributed by atoms with Gasteiger partial charge in [-0.3, -0.25) is 0 Å². The van der Waals surface area contributed by atoms with Crippen LogP contribution in [0.15, 0.2) is 12.4 Å². The number of aryl methyl sites for hydroxylation is 1. The van der Waals surface area contributed by atoms with Gasteiger partial charge in [0.1, 0.15) is 17.1 Å². The fraction of sp³-hybridized carbons (Fsp3) is 0.571. The molecule has 0 aliphatic carbocycles. The summed E-state index contributed by atoms with van der Waals surface area (Å²) in [6.07, 6.45) is 4.48. The summed E-state index contributed by atoms with van der Waals surface area (Å²) in [7, 11) is -3.07. The van der Waals surface area contributed by atoms with Gasteiger partial charge in [0, 0.05) is 25.3 Å². The molecule has 0 unspecified atom stereocenters. The Morgan fingerprint density at radius 1 is 1.32 bits per heavy atom. The Morgan fingerprint density at radius 3 is 2.64 bits per heavy atom. The van der Waals surface area contributed by atoms with Gasteiger partial charge in [0.25, 0.3) is 0 Å². The van der Waals surface area contributed by atoms with Gasteiger partial charge in [-0.15, -0.1) is 0 Å². The summed E-state index contributed by atoms with van der Waals surface area (Å²) < 4.78 is 26.8. The Labute approximate surface area is 135 Å². The minimum Gasteiger partial charge on any atom is -0.329 e. The highest BCUT2D eigenvalue weighted by Gasteiger charge is 2.25. The number of aromatic nitrogens is 3. The zero-order valence-corrected chi connectivity index (χ0v) is 14.2. The second kappa shape index (κ2) is 5.79. The Morgan fingerprint density at radius 2 is 2.00 bits per heavy atom. The number of halogens is 1. The van der Waals surface area contributed by atoms with Gasteiger partial charge in [-0.2, -0.15) is 0 Å². The molecule has 0 radical (unpaired) electrons. The molecule has 3 rings (SSSR count). The van der Waals surface area contributed by atoms with E-state index in [9.17, 15) is 8.42 Å². The molecule has 0 spiro atoms. The molecule has 1 fully saturated rings. The maximum Gasteiger partial charge on any atom is 0.211 e. The van der Waals surface area contributed by atoms with Gasteiger partial charge in [-0.25, -0.2) is 22.7 Å². The van der Waals surface area contributed by atoms with Crippen molar-refractivity contribution in [1.82, 2.24) is 18.8 Å². The van der Waals surface area contributed by atoms with Crippen LogP contribution in [-0.4, -0.2) is 46.6 Å². The molecule has 2 aromatic rings. The molecule has 3 heterocycles. The third-order valence-electron chi connectivity index (χ3n) is 4.33. The van der Waals surface area contributed by atoms with Gasteiger partial charge in [0.05, 0.1) is 11.6 Å². The lowest BCUT2D eigenvalue weighted by molar-refractivity contribution is 0.254. The Kier molecular flexibility index (Phi) is 4.13. The first-order valence-electron chi connectivity index (χ1n) is 7.27. The predicted molar refractivity (Wildman–Crippen MR) is 86.4 cm³/mol. The van der Waals surface area contributed by atoms with E-state index in [1.54, 1.807) is 4.31 Å². The van der Waals surface area contributed by atoms with Gasteiger partial charge in [0.15, 0.2) is 0 Å². The van der Waals surface area contributed by atoms with Crippen molar-refractivity contribution >= 4 is 32.7 Å². The summed E-state index contributed by atoms with van der Waals surface area (Å²) >= 11 is 6.12. The number of piperidine rings is 1. The van der Waals surface area contributed by atoms with Crippen molar-refractivity contribution in [1.29, 1.82) is 0 Å². The first-order valence-corrected chi connectivity index (χ1v) is 9.50. The third kappa shape index (κ3) is 2.98. The second-order valence-corrected chi connectivity index (χ2v) is 8.24. The summed E-state index contributed by atoms with van der Waals surface area (Å²) in [5.41, 5.74) is 1.95. The van der Waals surface area contributed by atoms with Crippen LogP contribution in [0.2, 0.25) is 5.15 Å². The quantitative estimate of drug-likeness (QED) is 0.801. The Balaban J connectivity index is 1.78. The van der Waals surface area contributed by atoms with Crippen LogP contribution < -0.4 is 0 Å². The van der Waals surface area contributed by atoms with E-state index in [-0.39, 0.29) is 0 Å². The third-order valence-corrected chi connectivity index (χ3v) is 5.94. The van der Waals surface area contributed by atoms with Gasteiger partial charge in [0.2, 0.25) is 10.0 Å². The lowest BCUT2D eigenvalue weighted by atomic mass is 9.98. The molecule has 1 saturated heterocycles. The summed E-state index contributed by atoms with van der Waals surface area (Å²) in [6.45, 7) is 4.05. The molecular formula is C14H19ClN4O2S. The molecule has 1 aliphatic rings. The molecule has 0 N–H and O–H groups in total. The van der Waals surface area contributed by atoms with Gasteiger partial charge in [-0.1, -0.05) is 11.6 Å². The van der Waals surface area contributed by atoms with E-state index >= 15 is 0 Å². The maximum absolute atomic E-state index is 11.6. The normalized spacial score (nSPS) is 18.1. The van der Waals surface area contributed by atoms with Gasteiger partial charge >= 0.3 is 0 Å². The maximum atomic E-state index is 11.6. The van der Waals surface area contributed by atoms with Gasteiger partial charge in [-0.05, 0) is 31.7 Å². The monoisotopic (exact) mass is 342 g/mol. The average molecular weight is 343 g/mol. The minimum atomic E-state index is -3.07. The molecule has 0 bridgehead atoms. The van der Waals surface area contributed by atoms with Crippen molar-refractivity contribution in [2.45, 2.75) is 26.3 Å². The molecule has 0 saturated carbocycles. The van der Waals surface area contributed by atoms with E-state index in [0.717, 1.165) is 36.1 Å². The van der Waals surface area contributed by atoms with E-state index in [4.69, 9.17) is 11.6 Å². The van der Waals surface area contributed by atoms with Crippen LogP contribution in [0, 0.1) is 12.8 Å². The standard InChI is InChI=1S/C14H19ClN4O2S/c1-10-7-12-13(15)16-9-17-14(12)19(10)8-11-3-5-18(6-4-11)22(2,20)21/h7,9,11H,3-6,8H2,1-2H3. The van der Waals surface area contributed by atoms with Crippen molar-refractivity contribution in [3.05, 3.63) is 23.2 Å². The largest absolute Gasteiger partial charge is 0.329 e. The molecule has 0 aromatic carbocycles. The number of fused-ring (bicyclic) bond motifs is 1. The first kappa shape index (κ1) is 15.7. The van der Waals surface area contributed by atoms with Crippen molar-refractivity contribution in [3.8, 4) is 0 Å². The molecule has 0 amide bonds.